The first kappa shape index (κ1) is 15.1. The third-order valence-corrected chi connectivity index (χ3v) is 3.30. The minimum Gasteiger partial charge on any atom is -0.294 e. The fourth-order valence-corrected chi connectivity index (χ4v) is 2.09. The SMILES string of the molecule is CCCCCCN(CCCCC)S(=O)O. The lowest BCUT2D eigenvalue weighted by Gasteiger charge is -2.16. The largest absolute Gasteiger partial charge is 0.294 e. The molecule has 0 aromatic carbocycles. The molecule has 1 N–H and O–H groups in total. The predicted octanol–water partition coefficient (Wildman–Crippen LogP) is 3.20. The molecular weight excluding hydrogens is 210 g/mol. The molecule has 0 radical (unpaired) electrons. The summed E-state index contributed by atoms with van der Waals surface area (Å²) in [5.74, 6) is 0. The minimum absolute atomic E-state index is 0.753. The van der Waals surface area contributed by atoms with Gasteiger partial charge in [0.25, 0.3) is 0 Å². The highest BCUT2D eigenvalue weighted by Crippen LogP contribution is 2.05. The molecule has 0 fully saturated rings. The fourth-order valence-electron chi connectivity index (χ4n) is 1.52. The van der Waals surface area contributed by atoms with E-state index in [0.717, 1.165) is 45.2 Å². The van der Waals surface area contributed by atoms with Crippen molar-refractivity contribution in [1.82, 2.24) is 4.31 Å². The molecule has 0 aromatic rings. The number of rotatable bonds is 10. The van der Waals surface area contributed by atoms with Gasteiger partial charge in [0.1, 0.15) is 0 Å². The summed E-state index contributed by atoms with van der Waals surface area (Å²) in [6.45, 7) is 5.82. The molecule has 0 aliphatic heterocycles. The Bertz CT molecular complexity index is 165. The second-order valence-corrected chi connectivity index (χ2v) is 4.91. The summed E-state index contributed by atoms with van der Waals surface area (Å²) in [5, 5.41) is 0. The molecule has 1 unspecified atom stereocenters. The van der Waals surface area contributed by atoms with Gasteiger partial charge in [-0.05, 0) is 12.8 Å². The topological polar surface area (TPSA) is 40.5 Å². The molecule has 15 heavy (non-hydrogen) atoms. The van der Waals surface area contributed by atoms with Gasteiger partial charge in [-0.2, -0.15) is 0 Å². The van der Waals surface area contributed by atoms with Gasteiger partial charge in [-0.15, -0.1) is 0 Å². The van der Waals surface area contributed by atoms with Gasteiger partial charge in [0.05, 0.1) is 0 Å². The zero-order valence-electron chi connectivity index (χ0n) is 10.1. The molecule has 0 saturated carbocycles. The number of hydrogen-bond acceptors (Lipinski definition) is 1. The lowest BCUT2D eigenvalue weighted by atomic mass is 10.2. The molecule has 4 heteroatoms. The molecule has 1 atom stereocenters. The zero-order valence-corrected chi connectivity index (χ0v) is 10.9. The van der Waals surface area contributed by atoms with Gasteiger partial charge in [-0.3, -0.25) is 4.55 Å². The molecule has 3 nitrogen and oxygen atoms in total. The van der Waals surface area contributed by atoms with Crippen LogP contribution in [0.15, 0.2) is 0 Å². The van der Waals surface area contributed by atoms with Crippen LogP contribution in [0.1, 0.15) is 58.8 Å². The van der Waals surface area contributed by atoms with E-state index in [0.29, 0.717) is 0 Å². The van der Waals surface area contributed by atoms with E-state index in [2.05, 4.69) is 13.8 Å². The molecule has 0 aromatic heterocycles. The van der Waals surface area contributed by atoms with Crippen molar-refractivity contribution in [3.63, 3.8) is 0 Å². The van der Waals surface area contributed by atoms with Gasteiger partial charge >= 0.3 is 0 Å². The van der Waals surface area contributed by atoms with E-state index in [-0.39, 0.29) is 0 Å². The van der Waals surface area contributed by atoms with Crippen molar-refractivity contribution in [2.24, 2.45) is 0 Å². The van der Waals surface area contributed by atoms with Crippen molar-refractivity contribution in [1.29, 1.82) is 0 Å². The lowest BCUT2D eigenvalue weighted by Crippen LogP contribution is -2.27. The maximum Gasteiger partial charge on any atom is 0.234 e. The Labute approximate surface area is 96.7 Å². The van der Waals surface area contributed by atoms with E-state index in [1.165, 1.54) is 12.8 Å². The summed E-state index contributed by atoms with van der Waals surface area (Å²) in [7, 11) is 0. The summed E-state index contributed by atoms with van der Waals surface area (Å²) in [4.78, 5) is 0. The Hall–Kier alpha value is 0.0700. The van der Waals surface area contributed by atoms with Gasteiger partial charge in [-0.25, -0.2) is 8.51 Å². The van der Waals surface area contributed by atoms with Crippen LogP contribution in [0.4, 0.5) is 0 Å². The van der Waals surface area contributed by atoms with Crippen LogP contribution in [0.5, 0.6) is 0 Å². The summed E-state index contributed by atoms with van der Waals surface area (Å²) in [6.07, 6.45) is 7.95. The molecule has 0 rings (SSSR count). The van der Waals surface area contributed by atoms with Crippen molar-refractivity contribution in [3.05, 3.63) is 0 Å². The highest BCUT2D eigenvalue weighted by atomic mass is 32.2. The quantitative estimate of drug-likeness (QED) is 0.466. The van der Waals surface area contributed by atoms with E-state index in [9.17, 15) is 4.21 Å². The van der Waals surface area contributed by atoms with Gasteiger partial charge < -0.3 is 0 Å². The standard InChI is InChI=1S/C11H25NO2S/c1-3-5-7-9-11-12(15(13)14)10-8-6-4-2/h3-11H2,1-2H3,(H,13,14). The van der Waals surface area contributed by atoms with Crippen molar-refractivity contribution >= 4 is 11.3 Å². The fraction of sp³-hybridized carbons (Fsp3) is 1.00. The van der Waals surface area contributed by atoms with Gasteiger partial charge in [0, 0.05) is 13.1 Å². The summed E-state index contributed by atoms with van der Waals surface area (Å²) in [6, 6.07) is 0. The van der Waals surface area contributed by atoms with Crippen LogP contribution in [0.2, 0.25) is 0 Å². The van der Waals surface area contributed by atoms with Crippen molar-refractivity contribution in [2.45, 2.75) is 58.8 Å². The van der Waals surface area contributed by atoms with Crippen LogP contribution in [-0.2, 0) is 11.3 Å². The molecule has 0 amide bonds. The van der Waals surface area contributed by atoms with Crippen molar-refractivity contribution in [3.8, 4) is 0 Å². The lowest BCUT2D eigenvalue weighted by molar-refractivity contribution is 0.376. The van der Waals surface area contributed by atoms with E-state index < -0.39 is 11.3 Å². The predicted molar refractivity (Wildman–Crippen MR) is 66.0 cm³/mol. The number of nitrogens with zero attached hydrogens (tertiary/aromatic N) is 1. The third-order valence-electron chi connectivity index (χ3n) is 2.49. The first-order valence-corrected chi connectivity index (χ1v) is 7.14. The van der Waals surface area contributed by atoms with E-state index in [1.54, 1.807) is 4.31 Å². The molecule has 0 bridgehead atoms. The first-order valence-electron chi connectivity index (χ1n) is 6.08. The molecule has 0 saturated heterocycles. The average molecular weight is 235 g/mol. The maximum absolute atomic E-state index is 11.0. The van der Waals surface area contributed by atoms with Crippen LogP contribution in [0.25, 0.3) is 0 Å². The molecule has 0 spiro atoms. The second-order valence-electron chi connectivity index (χ2n) is 3.93. The van der Waals surface area contributed by atoms with Crippen molar-refractivity contribution in [2.75, 3.05) is 13.1 Å². The van der Waals surface area contributed by atoms with Crippen molar-refractivity contribution < 1.29 is 8.76 Å². The number of hydrogen-bond donors (Lipinski definition) is 1. The van der Waals surface area contributed by atoms with Crippen LogP contribution >= 0.6 is 0 Å². The smallest absolute Gasteiger partial charge is 0.234 e. The summed E-state index contributed by atoms with van der Waals surface area (Å²) in [5.41, 5.74) is 0. The van der Waals surface area contributed by atoms with Crippen LogP contribution < -0.4 is 0 Å². The molecule has 92 valence electrons. The maximum atomic E-state index is 11.0. The molecule has 0 aliphatic carbocycles. The van der Waals surface area contributed by atoms with E-state index >= 15 is 0 Å². The Balaban J connectivity index is 3.59. The zero-order chi connectivity index (χ0) is 11.5. The van der Waals surface area contributed by atoms with Crippen LogP contribution in [0, 0.1) is 0 Å². The molecule has 0 heterocycles. The van der Waals surface area contributed by atoms with Crippen LogP contribution in [0.3, 0.4) is 0 Å². The minimum atomic E-state index is -1.78. The molecular formula is C11H25NO2S. The van der Waals surface area contributed by atoms with Crippen LogP contribution in [-0.4, -0.2) is 26.2 Å². The molecule has 0 aliphatic rings. The first-order chi connectivity index (χ1) is 7.22. The van der Waals surface area contributed by atoms with Gasteiger partial charge in [0.15, 0.2) is 0 Å². The summed E-state index contributed by atoms with van der Waals surface area (Å²) < 4.78 is 21.7. The monoisotopic (exact) mass is 235 g/mol. The Morgan fingerprint density at radius 2 is 1.40 bits per heavy atom. The Kier molecular flexibility index (Phi) is 10.6. The van der Waals surface area contributed by atoms with E-state index in [1.807, 2.05) is 0 Å². The second kappa shape index (κ2) is 10.6. The average Bonchev–Trinajstić information content (AvgIpc) is 2.21. The number of unbranched alkanes of at least 4 members (excludes halogenated alkanes) is 5. The normalized spacial score (nSPS) is 13.3. The Morgan fingerprint density at radius 1 is 0.933 bits per heavy atom. The Morgan fingerprint density at radius 3 is 1.87 bits per heavy atom. The van der Waals surface area contributed by atoms with Gasteiger partial charge in [-0.1, -0.05) is 46.0 Å². The highest BCUT2D eigenvalue weighted by Gasteiger charge is 2.09. The highest BCUT2D eigenvalue weighted by molar-refractivity contribution is 7.76. The van der Waals surface area contributed by atoms with E-state index in [4.69, 9.17) is 4.55 Å². The third kappa shape index (κ3) is 9.03. The summed E-state index contributed by atoms with van der Waals surface area (Å²) >= 11 is -1.78. The van der Waals surface area contributed by atoms with Gasteiger partial charge in [0.2, 0.25) is 11.3 Å².